The topological polar surface area (TPSA) is 47.3 Å². The van der Waals surface area contributed by atoms with Gasteiger partial charge in [-0.15, -0.1) is 0 Å². The highest BCUT2D eigenvalue weighted by atomic mass is 16.5. The summed E-state index contributed by atoms with van der Waals surface area (Å²) in [6, 6.07) is 6.61. The van der Waals surface area contributed by atoms with E-state index in [9.17, 15) is 0 Å². The number of hydrogen-bond acceptors (Lipinski definition) is 3. The lowest BCUT2D eigenvalue weighted by Crippen LogP contribution is -2.28. The Morgan fingerprint density at radius 2 is 2.05 bits per heavy atom. The van der Waals surface area contributed by atoms with E-state index in [1.807, 2.05) is 12.1 Å². The molecule has 0 aliphatic carbocycles. The maximum absolute atomic E-state index is 6.01. The monoisotopic (exact) mass is 264 g/mol. The number of benzene rings is 1. The molecule has 3 N–H and O–H groups in total. The molecule has 0 aromatic heterocycles. The third kappa shape index (κ3) is 5.97. The molecule has 0 fully saturated rings. The first-order valence-electron chi connectivity index (χ1n) is 7.42. The number of unbranched alkanes of at least 4 members (excludes halogenated alkanes) is 1. The van der Waals surface area contributed by atoms with Crippen LogP contribution in [0, 0.1) is 0 Å². The summed E-state index contributed by atoms with van der Waals surface area (Å²) in [5.41, 5.74) is 8.02. The van der Waals surface area contributed by atoms with Crippen molar-refractivity contribution in [1.82, 2.24) is 5.32 Å². The summed E-state index contributed by atoms with van der Waals surface area (Å²) in [7, 11) is 0. The van der Waals surface area contributed by atoms with E-state index < -0.39 is 0 Å². The van der Waals surface area contributed by atoms with Crippen LogP contribution in [0.15, 0.2) is 18.2 Å². The number of ether oxygens (including phenoxy) is 1. The molecule has 3 heteroatoms. The van der Waals surface area contributed by atoms with E-state index in [-0.39, 0.29) is 0 Å². The largest absolute Gasteiger partial charge is 0.491 e. The number of nitrogen functional groups attached to an aromatic ring is 1. The summed E-state index contributed by atoms with van der Waals surface area (Å²) >= 11 is 0. The van der Waals surface area contributed by atoms with Crippen LogP contribution in [-0.4, -0.2) is 19.2 Å². The van der Waals surface area contributed by atoms with Crippen LogP contribution in [0.4, 0.5) is 5.69 Å². The fourth-order valence-electron chi connectivity index (χ4n) is 2.02. The maximum Gasteiger partial charge on any atom is 0.142 e. The predicted octanol–water partition coefficient (Wildman–Crippen LogP) is 3.38. The van der Waals surface area contributed by atoms with E-state index in [1.165, 1.54) is 18.4 Å². The molecule has 1 atom stereocenters. The summed E-state index contributed by atoms with van der Waals surface area (Å²) in [5.74, 6) is 0.803. The first kappa shape index (κ1) is 15.8. The summed E-state index contributed by atoms with van der Waals surface area (Å²) in [4.78, 5) is 0. The molecule has 0 bridgehead atoms. The Hall–Kier alpha value is -1.22. The fourth-order valence-corrected chi connectivity index (χ4v) is 2.02. The molecule has 0 spiro atoms. The van der Waals surface area contributed by atoms with Crippen molar-refractivity contribution in [2.45, 2.75) is 52.5 Å². The van der Waals surface area contributed by atoms with Gasteiger partial charge < -0.3 is 15.8 Å². The van der Waals surface area contributed by atoms with Gasteiger partial charge in [-0.05, 0) is 50.4 Å². The van der Waals surface area contributed by atoms with Gasteiger partial charge in [-0.2, -0.15) is 0 Å². The van der Waals surface area contributed by atoms with Crippen molar-refractivity contribution < 1.29 is 4.74 Å². The molecule has 0 radical (unpaired) electrons. The lowest BCUT2D eigenvalue weighted by atomic mass is 10.1. The molecular weight excluding hydrogens is 236 g/mol. The third-order valence-corrected chi connectivity index (χ3v) is 3.10. The SMILES string of the molecule is CCCCNC(C)Cc1ccc(OCCC)c(N)c1. The van der Waals surface area contributed by atoms with E-state index in [2.05, 4.69) is 32.2 Å². The van der Waals surface area contributed by atoms with Crippen LogP contribution in [0.5, 0.6) is 5.75 Å². The van der Waals surface area contributed by atoms with Gasteiger partial charge in [0.05, 0.1) is 12.3 Å². The zero-order valence-electron chi connectivity index (χ0n) is 12.5. The van der Waals surface area contributed by atoms with Crippen LogP contribution >= 0.6 is 0 Å². The van der Waals surface area contributed by atoms with E-state index >= 15 is 0 Å². The van der Waals surface area contributed by atoms with Crippen molar-refractivity contribution in [2.75, 3.05) is 18.9 Å². The second-order valence-corrected chi connectivity index (χ2v) is 5.13. The average molecular weight is 264 g/mol. The Balaban J connectivity index is 2.48. The Bertz CT molecular complexity index is 366. The van der Waals surface area contributed by atoms with Gasteiger partial charge in [-0.25, -0.2) is 0 Å². The van der Waals surface area contributed by atoms with Crippen LogP contribution in [0.25, 0.3) is 0 Å². The fraction of sp³-hybridized carbons (Fsp3) is 0.625. The molecule has 1 rings (SSSR count). The zero-order chi connectivity index (χ0) is 14.1. The van der Waals surface area contributed by atoms with E-state index in [0.29, 0.717) is 6.04 Å². The number of nitrogens with one attached hydrogen (secondary N) is 1. The van der Waals surface area contributed by atoms with Crippen LogP contribution in [0.1, 0.15) is 45.6 Å². The van der Waals surface area contributed by atoms with Crippen molar-refractivity contribution >= 4 is 5.69 Å². The highest BCUT2D eigenvalue weighted by Gasteiger charge is 2.06. The molecule has 3 nitrogen and oxygen atoms in total. The predicted molar refractivity (Wildman–Crippen MR) is 82.7 cm³/mol. The molecule has 1 unspecified atom stereocenters. The number of rotatable bonds is 9. The van der Waals surface area contributed by atoms with Crippen molar-refractivity contribution in [3.63, 3.8) is 0 Å². The first-order chi connectivity index (χ1) is 9.17. The van der Waals surface area contributed by atoms with Crippen molar-refractivity contribution in [1.29, 1.82) is 0 Å². The van der Waals surface area contributed by atoms with Crippen LogP contribution < -0.4 is 15.8 Å². The minimum Gasteiger partial charge on any atom is -0.491 e. The van der Waals surface area contributed by atoms with Crippen LogP contribution in [-0.2, 0) is 6.42 Å². The first-order valence-corrected chi connectivity index (χ1v) is 7.42. The Morgan fingerprint density at radius 1 is 1.26 bits per heavy atom. The molecule has 0 amide bonds. The van der Waals surface area contributed by atoms with Crippen LogP contribution in [0.3, 0.4) is 0 Å². The molecule has 19 heavy (non-hydrogen) atoms. The van der Waals surface area contributed by atoms with Gasteiger partial charge in [0.15, 0.2) is 0 Å². The van der Waals surface area contributed by atoms with Crippen molar-refractivity contribution in [3.8, 4) is 5.75 Å². The molecule has 1 aromatic rings. The van der Waals surface area contributed by atoms with Crippen LogP contribution in [0.2, 0.25) is 0 Å². The van der Waals surface area contributed by atoms with Gasteiger partial charge in [0.25, 0.3) is 0 Å². The second-order valence-electron chi connectivity index (χ2n) is 5.13. The molecule has 1 aromatic carbocycles. The average Bonchev–Trinajstić information content (AvgIpc) is 2.38. The minimum absolute atomic E-state index is 0.480. The van der Waals surface area contributed by atoms with Gasteiger partial charge in [0, 0.05) is 6.04 Å². The summed E-state index contributed by atoms with van der Waals surface area (Å²) in [6.07, 6.45) is 4.47. The van der Waals surface area contributed by atoms with Gasteiger partial charge in [0.1, 0.15) is 5.75 Å². The Labute approximate surface area is 117 Å². The normalized spacial score (nSPS) is 12.4. The number of anilines is 1. The van der Waals surface area contributed by atoms with Gasteiger partial charge >= 0.3 is 0 Å². The quantitative estimate of drug-likeness (QED) is 0.531. The van der Waals surface area contributed by atoms with Crippen molar-refractivity contribution in [2.24, 2.45) is 0 Å². The summed E-state index contributed by atoms with van der Waals surface area (Å²) < 4.78 is 5.58. The summed E-state index contributed by atoms with van der Waals surface area (Å²) in [6.45, 7) is 8.33. The second kappa shape index (κ2) is 8.81. The van der Waals surface area contributed by atoms with E-state index in [4.69, 9.17) is 10.5 Å². The Kier molecular flexibility index (Phi) is 7.34. The lowest BCUT2D eigenvalue weighted by Gasteiger charge is -2.15. The van der Waals surface area contributed by atoms with Gasteiger partial charge in [-0.1, -0.05) is 26.3 Å². The van der Waals surface area contributed by atoms with Crippen molar-refractivity contribution in [3.05, 3.63) is 23.8 Å². The minimum atomic E-state index is 0.480. The molecule has 0 saturated heterocycles. The molecule has 0 aliphatic heterocycles. The van der Waals surface area contributed by atoms with Gasteiger partial charge in [-0.3, -0.25) is 0 Å². The van der Waals surface area contributed by atoms with E-state index in [0.717, 1.165) is 37.4 Å². The molecule has 108 valence electrons. The Morgan fingerprint density at radius 3 is 2.68 bits per heavy atom. The lowest BCUT2D eigenvalue weighted by molar-refractivity contribution is 0.319. The highest BCUT2D eigenvalue weighted by Crippen LogP contribution is 2.23. The molecular formula is C16H28N2O. The third-order valence-electron chi connectivity index (χ3n) is 3.10. The van der Waals surface area contributed by atoms with Gasteiger partial charge in [0.2, 0.25) is 0 Å². The number of nitrogens with two attached hydrogens (primary N) is 1. The molecule has 0 aliphatic rings. The smallest absolute Gasteiger partial charge is 0.142 e. The zero-order valence-corrected chi connectivity index (χ0v) is 12.5. The van der Waals surface area contributed by atoms with E-state index in [1.54, 1.807) is 0 Å². The molecule has 0 heterocycles. The molecule has 0 saturated carbocycles. The highest BCUT2D eigenvalue weighted by molar-refractivity contribution is 5.54. The standard InChI is InChI=1S/C16H28N2O/c1-4-6-9-18-13(3)11-14-7-8-16(15(17)12-14)19-10-5-2/h7-8,12-13,18H,4-6,9-11,17H2,1-3H3. The maximum atomic E-state index is 6.01. The number of hydrogen-bond donors (Lipinski definition) is 2. The summed E-state index contributed by atoms with van der Waals surface area (Å²) in [5, 5.41) is 3.53.